The van der Waals surface area contributed by atoms with Crippen molar-refractivity contribution in [1.82, 2.24) is 20.4 Å². The number of nitrogens with one attached hydrogen (secondary N) is 2. The summed E-state index contributed by atoms with van der Waals surface area (Å²) < 4.78 is 0. The Labute approximate surface area is 123 Å². The summed E-state index contributed by atoms with van der Waals surface area (Å²) in [4.78, 5) is 14.4. The van der Waals surface area contributed by atoms with Crippen molar-refractivity contribution in [2.75, 3.05) is 31.1 Å². The van der Waals surface area contributed by atoms with Crippen LogP contribution in [0, 0.1) is 0 Å². The predicted molar refractivity (Wildman–Crippen MR) is 80.9 cm³/mol. The van der Waals surface area contributed by atoms with Crippen LogP contribution in [-0.2, 0) is 4.79 Å². The number of aromatic nitrogens is 2. The quantitative estimate of drug-likeness (QED) is 0.880. The van der Waals surface area contributed by atoms with Crippen LogP contribution >= 0.6 is 11.8 Å². The molecular weight excluding hydrogens is 272 g/mol. The molecule has 1 amide bonds. The molecule has 20 heavy (non-hydrogen) atoms. The minimum atomic E-state index is 0.313. The summed E-state index contributed by atoms with van der Waals surface area (Å²) in [6.45, 7) is 2.79. The summed E-state index contributed by atoms with van der Waals surface area (Å²) in [5, 5.41) is 10.5. The second kappa shape index (κ2) is 6.63. The Bertz CT molecular complexity index is 422. The van der Waals surface area contributed by atoms with Crippen molar-refractivity contribution in [3.8, 4) is 0 Å². The van der Waals surface area contributed by atoms with Gasteiger partial charge < -0.3 is 10.2 Å². The van der Waals surface area contributed by atoms with Crippen molar-refractivity contribution in [3.05, 3.63) is 18.0 Å². The first-order valence-electron chi connectivity index (χ1n) is 7.41. The molecule has 0 spiro atoms. The van der Waals surface area contributed by atoms with Crippen LogP contribution in [0.5, 0.6) is 0 Å². The van der Waals surface area contributed by atoms with E-state index in [1.807, 2.05) is 22.7 Å². The molecule has 1 aromatic heterocycles. The molecule has 2 aliphatic heterocycles. The van der Waals surface area contributed by atoms with Crippen LogP contribution in [0.1, 0.15) is 30.9 Å². The maximum Gasteiger partial charge on any atom is 0.224 e. The SMILES string of the molecule is O=C(CC1CSCCN1)N1CCC(c2ccn[nH]2)CC1. The van der Waals surface area contributed by atoms with E-state index >= 15 is 0 Å². The minimum absolute atomic E-state index is 0.313. The standard InChI is InChI=1S/C14H22N4OS/c19-14(9-12-10-20-8-5-15-12)18-6-2-11(3-7-18)13-1-4-16-17-13/h1,4,11-12,15H,2-3,5-10H2,(H,16,17). The van der Waals surface area contributed by atoms with Crippen LogP contribution < -0.4 is 5.32 Å². The molecule has 2 aliphatic rings. The van der Waals surface area contributed by atoms with Gasteiger partial charge in [0.2, 0.25) is 5.91 Å². The fourth-order valence-electron chi connectivity index (χ4n) is 3.02. The highest BCUT2D eigenvalue weighted by Gasteiger charge is 2.26. The molecule has 2 fully saturated rings. The van der Waals surface area contributed by atoms with E-state index in [0.29, 0.717) is 24.3 Å². The monoisotopic (exact) mass is 294 g/mol. The number of hydrogen-bond donors (Lipinski definition) is 2. The third-order valence-electron chi connectivity index (χ3n) is 4.23. The van der Waals surface area contributed by atoms with Gasteiger partial charge in [0, 0.05) is 61.4 Å². The van der Waals surface area contributed by atoms with E-state index in [1.165, 1.54) is 11.4 Å². The smallest absolute Gasteiger partial charge is 0.224 e. The predicted octanol–water partition coefficient (Wildman–Crippen LogP) is 1.21. The number of aromatic amines is 1. The fraction of sp³-hybridized carbons (Fsp3) is 0.714. The highest BCUT2D eigenvalue weighted by molar-refractivity contribution is 7.99. The summed E-state index contributed by atoms with van der Waals surface area (Å²) in [7, 11) is 0. The third-order valence-corrected chi connectivity index (χ3v) is 5.36. The fourth-order valence-corrected chi connectivity index (χ4v) is 3.97. The van der Waals surface area contributed by atoms with Gasteiger partial charge in [-0.2, -0.15) is 16.9 Å². The lowest BCUT2D eigenvalue weighted by molar-refractivity contribution is -0.132. The molecule has 1 atom stereocenters. The molecule has 3 rings (SSSR count). The van der Waals surface area contributed by atoms with E-state index in [9.17, 15) is 4.79 Å². The lowest BCUT2D eigenvalue weighted by atomic mass is 9.93. The number of amides is 1. The Morgan fingerprint density at radius 1 is 1.45 bits per heavy atom. The molecule has 3 heterocycles. The Morgan fingerprint density at radius 2 is 2.30 bits per heavy atom. The third kappa shape index (κ3) is 3.35. The molecule has 0 aromatic carbocycles. The lowest BCUT2D eigenvalue weighted by Crippen LogP contribution is -2.44. The van der Waals surface area contributed by atoms with Crippen LogP contribution in [-0.4, -0.2) is 58.2 Å². The van der Waals surface area contributed by atoms with Crippen molar-refractivity contribution in [2.24, 2.45) is 0 Å². The van der Waals surface area contributed by atoms with Gasteiger partial charge in [0.1, 0.15) is 0 Å². The van der Waals surface area contributed by atoms with E-state index < -0.39 is 0 Å². The van der Waals surface area contributed by atoms with Gasteiger partial charge in [-0.25, -0.2) is 0 Å². The number of rotatable bonds is 3. The first-order valence-corrected chi connectivity index (χ1v) is 8.56. The molecule has 0 bridgehead atoms. The van der Waals surface area contributed by atoms with Crippen molar-refractivity contribution < 1.29 is 4.79 Å². The van der Waals surface area contributed by atoms with E-state index in [1.54, 1.807) is 6.20 Å². The van der Waals surface area contributed by atoms with Crippen LogP contribution in [0.4, 0.5) is 0 Å². The van der Waals surface area contributed by atoms with Gasteiger partial charge in [-0.15, -0.1) is 0 Å². The van der Waals surface area contributed by atoms with Crippen molar-refractivity contribution >= 4 is 17.7 Å². The second-order valence-corrected chi connectivity index (χ2v) is 6.75. The maximum atomic E-state index is 12.3. The van der Waals surface area contributed by atoms with Crippen molar-refractivity contribution in [2.45, 2.75) is 31.2 Å². The number of likely N-dealkylation sites (tertiary alicyclic amines) is 1. The number of carbonyl (C=O) groups excluding carboxylic acids is 1. The van der Waals surface area contributed by atoms with Gasteiger partial charge in [0.05, 0.1) is 0 Å². The normalized spacial score (nSPS) is 24.8. The molecule has 1 unspecified atom stereocenters. The highest BCUT2D eigenvalue weighted by Crippen LogP contribution is 2.26. The summed E-state index contributed by atoms with van der Waals surface area (Å²) in [5.74, 6) is 3.08. The van der Waals surface area contributed by atoms with Crippen molar-refractivity contribution in [1.29, 1.82) is 0 Å². The zero-order valence-corrected chi connectivity index (χ0v) is 12.5. The first kappa shape index (κ1) is 13.9. The molecule has 110 valence electrons. The van der Waals surface area contributed by atoms with Gasteiger partial charge in [0.15, 0.2) is 0 Å². The Kier molecular flexibility index (Phi) is 4.62. The first-order chi connectivity index (χ1) is 9.83. The second-order valence-electron chi connectivity index (χ2n) is 5.60. The molecule has 6 heteroatoms. The van der Waals surface area contributed by atoms with Gasteiger partial charge in [-0.1, -0.05) is 0 Å². The number of piperidine rings is 1. The number of carbonyl (C=O) groups is 1. The van der Waals surface area contributed by atoms with Gasteiger partial charge in [-0.3, -0.25) is 9.89 Å². The molecule has 0 aliphatic carbocycles. The van der Waals surface area contributed by atoms with Crippen LogP contribution in [0.3, 0.4) is 0 Å². The largest absolute Gasteiger partial charge is 0.343 e. The van der Waals surface area contributed by atoms with Crippen LogP contribution in [0.25, 0.3) is 0 Å². The highest BCUT2D eigenvalue weighted by atomic mass is 32.2. The topological polar surface area (TPSA) is 61.0 Å². The average Bonchev–Trinajstić information content (AvgIpc) is 3.03. The molecular formula is C14H22N4OS. The average molecular weight is 294 g/mol. The minimum Gasteiger partial charge on any atom is -0.343 e. The van der Waals surface area contributed by atoms with E-state index in [-0.39, 0.29) is 0 Å². The van der Waals surface area contributed by atoms with E-state index in [0.717, 1.165) is 38.2 Å². The summed E-state index contributed by atoms with van der Waals surface area (Å²) in [6, 6.07) is 2.41. The van der Waals surface area contributed by atoms with Gasteiger partial charge in [-0.05, 0) is 18.9 Å². The number of thioether (sulfide) groups is 1. The molecule has 2 saturated heterocycles. The number of H-pyrrole nitrogens is 1. The molecule has 0 saturated carbocycles. The molecule has 0 radical (unpaired) electrons. The Morgan fingerprint density at radius 3 is 2.95 bits per heavy atom. The zero-order chi connectivity index (χ0) is 13.8. The van der Waals surface area contributed by atoms with Crippen LogP contribution in [0.15, 0.2) is 12.3 Å². The summed E-state index contributed by atoms with van der Waals surface area (Å²) >= 11 is 1.95. The Balaban J connectivity index is 1.46. The number of hydrogen-bond acceptors (Lipinski definition) is 4. The zero-order valence-electron chi connectivity index (χ0n) is 11.7. The van der Waals surface area contributed by atoms with Crippen LogP contribution in [0.2, 0.25) is 0 Å². The maximum absolute atomic E-state index is 12.3. The Hall–Kier alpha value is -1.01. The molecule has 5 nitrogen and oxygen atoms in total. The van der Waals surface area contributed by atoms with E-state index in [4.69, 9.17) is 0 Å². The van der Waals surface area contributed by atoms with E-state index in [2.05, 4.69) is 15.5 Å². The summed E-state index contributed by atoms with van der Waals surface area (Å²) in [5.41, 5.74) is 1.21. The van der Waals surface area contributed by atoms with Gasteiger partial charge >= 0.3 is 0 Å². The van der Waals surface area contributed by atoms with Crippen molar-refractivity contribution in [3.63, 3.8) is 0 Å². The lowest BCUT2D eigenvalue weighted by Gasteiger charge is -2.33. The van der Waals surface area contributed by atoms with Gasteiger partial charge in [0.25, 0.3) is 0 Å². The molecule has 2 N–H and O–H groups in total. The molecule has 1 aromatic rings. The summed E-state index contributed by atoms with van der Waals surface area (Å²) in [6.07, 6.45) is 4.54. The number of nitrogens with zero attached hydrogens (tertiary/aromatic N) is 2.